The fraction of sp³-hybridized carbons (Fsp3) is 0. The number of nitrogens with zero attached hydrogens (tertiary/aromatic N) is 1. The normalized spacial score (nSPS) is 12.3. The van der Waals surface area contributed by atoms with E-state index in [1.54, 1.807) is 0 Å². The molecule has 0 saturated heterocycles. The number of fused-ring (bicyclic) bond motifs is 7. The van der Waals surface area contributed by atoms with Crippen LogP contribution in [0, 0.1) is 0 Å². The molecular formula is C44H27NS. The van der Waals surface area contributed by atoms with Crippen LogP contribution in [0.2, 0.25) is 0 Å². The van der Waals surface area contributed by atoms with Crippen molar-refractivity contribution in [3.8, 4) is 39.1 Å². The zero-order valence-corrected chi connectivity index (χ0v) is 25.8. The van der Waals surface area contributed by atoms with Crippen LogP contribution in [0.3, 0.4) is 0 Å². The first-order valence-electron chi connectivity index (χ1n) is 15.8. The van der Waals surface area contributed by atoms with Crippen molar-refractivity contribution in [2.75, 3.05) is 0 Å². The standard InChI is InChI=1S/C44H27NS/c1-2-13-34(14-3-1)45-40-17-5-4-15-35(40)37-23-21-28-19-20-32(26-38(28)44(37)45)30-11-6-12-31(25-30)33-22-24-41-39(27-33)36-16-7-9-29-10-8-18-42(46-41)43(29)36/h1-27H. The lowest BCUT2D eigenvalue weighted by molar-refractivity contribution is 1.19. The fourth-order valence-electron chi connectivity index (χ4n) is 7.43. The third-order valence-electron chi connectivity index (χ3n) is 9.55. The quantitative estimate of drug-likeness (QED) is 0.195. The highest BCUT2D eigenvalue weighted by Gasteiger charge is 2.20. The lowest BCUT2D eigenvalue weighted by Gasteiger charge is -2.21. The number of aromatic nitrogens is 1. The zero-order chi connectivity index (χ0) is 30.2. The molecule has 1 aliphatic heterocycles. The number of rotatable bonds is 3. The molecule has 1 nitrogen and oxygen atoms in total. The maximum absolute atomic E-state index is 2.43. The van der Waals surface area contributed by atoms with Crippen molar-refractivity contribution in [3.05, 3.63) is 164 Å². The lowest BCUT2D eigenvalue weighted by Crippen LogP contribution is -1.94. The summed E-state index contributed by atoms with van der Waals surface area (Å²) in [4.78, 5) is 2.66. The Morgan fingerprint density at radius 3 is 2.00 bits per heavy atom. The first-order chi connectivity index (χ1) is 22.8. The number of hydrogen-bond donors (Lipinski definition) is 0. The predicted octanol–water partition coefficient (Wildman–Crippen LogP) is 12.6. The molecular weight excluding hydrogens is 575 g/mol. The van der Waals surface area contributed by atoms with Gasteiger partial charge in [0.05, 0.1) is 11.0 Å². The Kier molecular flexibility index (Phi) is 5.58. The van der Waals surface area contributed by atoms with Gasteiger partial charge in [-0.15, -0.1) is 0 Å². The van der Waals surface area contributed by atoms with Gasteiger partial charge in [-0.3, -0.25) is 0 Å². The maximum Gasteiger partial charge on any atom is 0.0619 e. The Balaban J connectivity index is 1.13. The average Bonchev–Trinajstić information content (AvgIpc) is 3.47. The summed E-state index contributed by atoms with van der Waals surface area (Å²) in [6.07, 6.45) is 0. The summed E-state index contributed by atoms with van der Waals surface area (Å²) in [5.41, 5.74) is 11.2. The Morgan fingerprint density at radius 2 is 1.11 bits per heavy atom. The SMILES string of the molecule is c1ccc(-n2c3ccccc3c3ccc4ccc(-c5cccc(-c6ccc7c(c6)-c6cccc8cccc(c68)S7)c5)cc4c32)cc1. The van der Waals surface area contributed by atoms with E-state index in [2.05, 4.69) is 168 Å². The molecule has 0 spiro atoms. The van der Waals surface area contributed by atoms with Gasteiger partial charge in [0.2, 0.25) is 0 Å². The van der Waals surface area contributed by atoms with Gasteiger partial charge in [-0.25, -0.2) is 0 Å². The molecule has 0 bridgehead atoms. The largest absolute Gasteiger partial charge is 0.309 e. The van der Waals surface area contributed by atoms with Gasteiger partial charge in [0.25, 0.3) is 0 Å². The molecule has 8 aromatic carbocycles. The van der Waals surface area contributed by atoms with E-state index in [-0.39, 0.29) is 0 Å². The van der Waals surface area contributed by atoms with Crippen molar-refractivity contribution < 1.29 is 0 Å². The molecule has 0 fully saturated rings. The minimum Gasteiger partial charge on any atom is -0.309 e. The summed E-state index contributed by atoms with van der Waals surface area (Å²) in [6.45, 7) is 0. The molecule has 46 heavy (non-hydrogen) atoms. The van der Waals surface area contributed by atoms with E-state index in [1.807, 2.05) is 11.8 Å². The van der Waals surface area contributed by atoms with Crippen molar-refractivity contribution in [1.82, 2.24) is 4.57 Å². The molecule has 0 atom stereocenters. The summed E-state index contributed by atoms with van der Waals surface area (Å²) < 4.78 is 2.43. The highest BCUT2D eigenvalue weighted by atomic mass is 32.2. The fourth-order valence-corrected chi connectivity index (χ4v) is 8.55. The molecule has 0 N–H and O–H groups in total. The molecule has 10 rings (SSSR count). The van der Waals surface area contributed by atoms with Crippen LogP contribution in [-0.4, -0.2) is 4.57 Å². The maximum atomic E-state index is 2.43. The van der Waals surface area contributed by atoms with Crippen molar-refractivity contribution in [3.63, 3.8) is 0 Å². The summed E-state index contributed by atoms with van der Waals surface area (Å²) in [5, 5.41) is 7.73. The van der Waals surface area contributed by atoms with Crippen molar-refractivity contribution in [1.29, 1.82) is 0 Å². The second kappa shape index (κ2) is 9.97. The minimum atomic E-state index is 1.18. The molecule has 0 radical (unpaired) electrons. The Bertz CT molecular complexity index is 2660. The molecule has 0 saturated carbocycles. The third-order valence-corrected chi connectivity index (χ3v) is 10.7. The van der Waals surface area contributed by atoms with E-state index in [0.29, 0.717) is 0 Å². The van der Waals surface area contributed by atoms with Crippen LogP contribution >= 0.6 is 11.8 Å². The molecule has 0 aliphatic carbocycles. The summed E-state index contributed by atoms with van der Waals surface area (Å²) in [5.74, 6) is 0. The highest BCUT2D eigenvalue weighted by molar-refractivity contribution is 7.99. The highest BCUT2D eigenvalue weighted by Crippen LogP contribution is 2.49. The lowest BCUT2D eigenvalue weighted by atomic mass is 9.93. The van der Waals surface area contributed by atoms with Crippen molar-refractivity contribution in [2.45, 2.75) is 9.79 Å². The van der Waals surface area contributed by atoms with Crippen molar-refractivity contribution in [2.24, 2.45) is 0 Å². The third kappa shape index (κ3) is 3.84. The van der Waals surface area contributed by atoms with Crippen LogP contribution in [0.25, 0.3) is 82.4 Å². The predicted molar refractivity (Wildman–Crippen MR) is 196 cm³/mol. The van der Waals surface area contributed by atoms with Crippen LogP contribution in [0.1, 0.15) is 0 Å². The second-order valence-corrected chi connectivity index (χ2v) is 13.2. The van der Waals surface area contributed by atoms with E-state index in [4.69, 9.17) is 0 Å². The van der Waals surface area contributed by atoms with E-state index in [0.717, 1.165) is 0 Å². The van der Waals surface area contributed by atoms with Crippen LogP contribution in [0.15, 0.2) is 174 Å². The van der Waals surface area contributed by atoms with Crippen LogP contribution < -0.4 is 0 Å². The van der Waals surface area contributed by atoms with Gasteiger partial charge in [0, 0.05) is 37.0 Å². The Labute approximate surface area is 271 Å². The Hall–Kier alpha value is -5.57. The summed E-state index contributed by atoms with van der Waals surface area (Å²) >= 11 is 1.88. The van der Waals surface area contributed by atoms with E-state index in [9.17, 15) is 0 Å². The van der Waals surface area contributed by atoms with Crippen LogP contribution in [0.5, 0.6) is 0 Å². The van der Waals surface area contributed by atoms with E-state index < -0.39 is 0 Å². The molecule has 0 amide bonds. The summed E-state index contributed by atoms with van der Waals surface area (Å²) in [6, 6.07) is 60.3. The molecule has 2 heteroatoms. The topological polar surface area (TPSA) is 4.93 Å². The van der Waals surface area contributed by atoms with Crippen LogP contribution in [-0.2, 0) is 0 Å². The first kappa shape index (κ1) is 25.7. The summed E-state index contributed by atoms with van der Waals surface area (Å²) in [7, 11) is 0. The van der Waals surface area contributed by atoms with Crippen LogP contribution in [0.4, 0.5) is 0 Å². The van der Waals surface area contributed by atoms with Gasteiger partial charge in [-0.1, -0.05) is 127 Å². The van der Waals surface area contributed by atoms with Crippen molar-refractivity contribution >= 4 is 55.1 Å². The Morgan fingerprint density at radius 1 is 0.391 bits per heavy atom. The van der Waals surface area contributed by atoms with E-state index >= 15 is 0 Å². The molecule has 1 aromatic heterocycles. The van der Waals surface area contributed by atoms with Gasteiger partial charge in [-0.2, -0.15) is 0 Å². The molecule has 1 aliphatic rings. The molecule has 0 unspecified atom stereocenters. The average molecular weight is 602 g/mol. The first-order valence-corrected chi connectivity index (χ1v) is 16.6. The molecule has 214 valence electrons. The number of benzene rings is 8. The minimum absolute atomic E-state index is 1.18. The number of para-hydroxylation sites is 2. The van der Waals surface area contributed by atoms with Gasteiger partial charge in [0.1, 0.15) is 0 Å². The van der Waals surface area contributed by atoms with E-state index in [1.165, 1.54) is 92.2 Å². The molecule has 2 heterocycles. The number of hydrogen-bond acceptors (Lipinski definition) is 1. The van der Waals surface area contributed by atoms with Gasteiger partial charge < -0.3 is 4.57 Å². The monoisotopic (exact) mass is 601 g/mol. The smallest absolute Gasteiger partial charge is 0.0619 e. The van der Waals surface area contributed by atoms with Gasteiger partial charge >= 0.3 is 0 Å². The van der Waals surface area contributed by atoms with Gasteiger partial charge in [0.15, 0.2) is 0 Å². The zero-order valence-electron chi connectivity index (χ0n) is 24.9. The molecule has 9 aromatic rings. The second-order valence-electron chi connectivity index (χ2n) is 12.1. The van der Waals surface area contributed by atoms with Gasteiger partial charge in [-0.05, 0) is 92.7 Å².